The molecule has 0 fully saturated rings. The molecule has 1 heterocycles. The van der Waals surface area contributed by atoms with Gasteiger partial charge in [-0.15, -0.1) is 0 Å². The van der Waals surface area contributed by atoms with Gasteiger partial charge in [0.25, 0.3) is 5.91 Å². The second-order valence-corrected chi connectivity index (χ2v) is 7.38. The van der Waals surface area contributed by atoms with E-state index in [9.17, 15) is 9.59 Å². The molecule has 1 aliphatic rings. The van der Waals surface area contributed by atoms with Crippen molar-refractivity contribution in [2.45, 2.75) is 39.3 Å². The fraction of sp³-hybridized carbons (Fsp3) is 0.364. The lowest BCUT2D eigenvalue weighted by Crippen LogP contribution is -2.36. The third-order valence-electron chi connectivity index (χ3n) is 4.78. The van der Waals surface area contributed by atoms with E-state index in [1.807, 2.05) is 18.2 Å². The van der Waals surface area contributed by atoms with Crippen molar-refractivity contribution in [1.29, 1.82) is 0 Å². The number of nitrogens with one attached hydrogen (secondary N) is 1. The molecule has 29 heavy (non-hydrogen) atoms. The number of carbonyl (C=O) groups is 2. The van der Waals surface area contributed by atoms with E-state index in [0.29, 0.717) is 35.2 Å². The molecule has 7 heteroatoms. The Morgan fingerprint density at radius 2 is 2.00 bits per heavy atom. The zero-order valence-corrected chi connectivity index (χ0v) is 17.6. The first-order valence-corrected chi connectivity index (χ1v) is 10.00. The quantitative estimate of drug-likeness (QED) is 0.653. The van der Waals surface area contributed by atoms with Gasteiger partial charge < -0.3 is 19.7 Å². The van der Waals surface area contributed by atoms with Crippen molar-refractivity contribution in [2.75, 3.05) is 18.6 Å². The molecule has 0 spiro atoms. The minimum absolute atomic E-state index is 0.195. The number of carbonyl (C=O) groups excluding carboxylic acids is 2. The van der Waals surface area contributed by atoms with E-state index in [4.69, 9.17) is 21.1 Å². The lowest BCUT2D eigenvalue weighted by atomic mass is 10.1. The highest BCUT2D eigenvalue weighted by molar-refractivity contribution is 6.31. The third-order valence-corrected chi connectivity index (χ3v) is 5.01. The zero-order valence-electron chi connectivity index (χ0n) is 16.8. The van der Waals surface area contributed by atoms with Crippen LogP contribution < -0.4 is 19.7 Å². The number of fused-ring (bicyclic) bond motifs is 1. The molecule has 0 unspecified atom stereocenters. The van der Waals surface area contributed by atoms with Gasteiger partial charge in [0.15, 0.2) is 11.5 Å². The van der Waals surface area contributed by atoms with Crippen LogP contribution in [0.25, 0.3) is 0 Å². The summed E-state index contributed by atoms with van der Waals surface area (Å²) in [7, 11) is 1.59. The van der Waals surface area contributed by atoms with Crippen LogP contribution >= 0.6 is 11.6 Å². The Labute approximate surface area is 175 Å². The average molecular weight is 417 g/mol. The van der Waals surface area contributed by atoms with Crippen molar-refractivity contribution in [3.8, 4) is 11.5 Å². The normalized spacial score (nSPS) is 15.2. The molecule has 3 rings (SSSR count). The van der Waals surface area contributed by atoms with Crippen LogP contribution in [0.15, 0.2) is 36.4 Å². The summed E-state index contributed by atoms with van der Waals surface area (Å²) in [6.45, 7) is 4.47. The van der Waals surface area contributed by atoms with E-state index in [2.05, 4.69) is 12.2 Å². The number of amides is 2. The van der Waals surface area contributed by atoms with Crippen LogP contribution in [0.4, 0.5) is 5.69 Å². The van der Waals surface area contributed by atoms with E-state index in [1.54, 1.807) is 30.2 Å². The summed E-state index contributed by atoms with van der Waals surface area (Å²) in [5.74, 6) is 0.840. The summed E-state index contributed by atoms with van der Waals surface area (Å²) in [5, 5.41) is 3.24. The number of halogens is 1. The van der Waals surface area contributed by atoms with Crippen LogP contribution in [0.2, 0.25) is 5.02 Å². The number of unbranched alkanes of at least 4 members (excludes halogenated alkanes) is 1. The number of anilines is 1. The Bertz CT molecular complexity index is 916. The van der Waals surface area contributed by atoms with Gasteiger partial charge in [0.05, 0.1) is 20.3 Å². The van der Waals surface area contributed by atoms with Crippen molar-refractivity contribution < 1.29 is 19.1 Å². The molecule has 0 bridgehead atoms. The summed E-state index contributed by atoms with van der Waals surface area (Å²) in [4.78, 5) is 26.3. The van der Waals surface area contributed by atoms with Crippen molar-refractivity contribution in [2.24, 2.45) is 0 Å². The standard InChI is InChI=1S/C22H25ClN2O4/c1-4-5-10-29-19-9-6-15(11-20(19)28-3)13-25-18-8-7-16(23)12-17(18)21(22(25)27)24-14(2)26/h6-9,11-12,21H,4-5,10,13H2,1-3H3,(H,24,26)/t21-/m1/s1. The van der Waals surface area contributed by atoms with Crippen molar-refractivity contribution in [1.82, 2.24) is 5.32 Å². The van der Waals surface area contributed by atoms with Gasteiger partial charge in [0.2, 0.25) is 5.91 Å². The zero-order chi connectivity index (χ0) is 21.0. The van der Waals surface area contributed by atoms with Gasteiger partial charge in [-0.2, -0.15) is 0 Å². The van der Waals surface area contributed by atoms with E-state index < -0.39 is 6.04 Å². The van der Waals surface area contributed by atoms with Crippen molar-refractivity contribution in [3.63, 3.8) is 0 Å². The van der Waals surface area contributed by atoms with Crippen LogP contribution in [-0.4, -0.2) is 25.5 Å². The summed E-state index contributed by atoms with van der Waals surface area (Å²) >= 11 is 6.12. The topological polar surface area (TPSA) is 67.9 Å². The number of rotatable bonds is 8. The third kappa shape index (κ3) is 4.65. The minimum Gasteiger partial charge on any atom is -0.493 e. The Balaban J connectivity index is 1.86. The molecule has 0 saturated carbocycles. The minimum atomic E-state index is -0.736. The maximum atomic E-state index is 13.0. The van der Waals surface area contributed by atoms with Gasteiger partial charge in [-0.05, 0) is 42.3 Å². The highest BCUT2D eigenvalue weighted by Crippen LogP contribution is 2.39. The van der Waals surface area contributed by atoms with E-state index in [1.165, 1.54) is 6.92 Å². The fourth-order valence-electron chi connectivity index (χ4n) is 3.35. The number of nitrogens with zero attached hydrogens (tertiary/aromatic N) is 1. The van der Waals surface area contributed by atoms with Crippen LogP contribution in [-0.2, 0) is 16.1 Å². The van der Waals surface area contributed by atoms with Crippen LogP contribution in [0.3, 0.4) is 0 Å². The lowest BCUT2D eigenvalue weighted by molar-refractivity contribution is -0.126. The molecular weight excluding hydrogens is 392 g/mol. The average Bonchev–Trinajstić information content (AvgIpc) is 2.93. The van der Waals surface area contributed by atoms with Gasteiger partial charge in [-0.1, -0.05) is 31.0 Å². The maximum Gasteiger partial charge on any atom is 0.254 e. The first kappa shape index (κ1) is 21.0. The van der Waals surface area contributed by atoms with E-state index in [0.717, 1.165) is 24.1 Å². The first-order chi connectivity index (χ1) is 13.9. The monoisotopic (exact) mass is 416 g/mol. The molecule has 2 aromatic carbocycles. The van der Waals surface area contributed by atoms with Crippen molar-refractivity contribution in [3.05, 3.63) is 52.5 Å². The largest absolute Gasteiger partial charge is 0.493 e. The van der Waals surface area contributed by atoms with Gasteiger partial charge in [0.1, 0.15) is 6.04 Å². The molecule has 0 saturated heterocycles. The fourth-order valence-corrected chi connectivity index (χ4v) is 3.53. The second-order valence-electron chi connectivity index (χ2n) is 6.95. The molecule has 1 N–H and O–H groups in total. The Morgan fingerprint density at radius 3 is 2.69 bits per heavy atom. The Kier molecular flexibility index (Phi) is 6.64. The SMILES string of the molecule is CCCCOc1ccc(CN2C(=O)[C@H](NC(C)=O)c3cc(Cl)ccc32)cc1OC. The smallest absolute Gasteiger partial charge is 0.254 e. The number of hydrogen-bond donors (Lipinski definition) is 1. The first-order valence-electron chi connectivity index (χ1n) is 9.62. The maximum absolute atomic E-state index is 13.0. The highest BCUT2D eigenvalue weighted by atomic mass is 35.5. The Hall–Kier alpha value is -2.73. The van der Waals surface area contributed by atoms with Gasteiger partial charge in [-0.25, -0.2) is 0 Å². The molecular formula is C22H25ClN2O4. The second kappa shape index (κ2) is 9.18. The van der Waals surface area contributed by atoms with Gasteiger partial charge >= 0.3 is 0 Å². The predicted octanol–water partition coefficient (Wildman–Crippen LogP) is 4.25. The van der Waals surface area contributed by atoms with Crippen LogP contribution in [0.5, 0.6) is 11.5 Å². The van der Waals surface area contributed by atoms with E-state index >= 15 is 0 Å². The molecule has 1 aliphatic heterocycles. The molecule has 0 aromatic heterocycles. The summed E-state index contributed by atoms with van der Waals surface area (Å²) in [6, 6.07) is 10.2. The predicted molar refractivity (Wildman–Crippen MR) is 113 cm³/mol. The van der Waals surface area contributed by atoms with Crippen LogP contribution in [0.1, 0.15) is 43.9 Å². The van der Waals surface area contributed by atoms with E-state index in [-0.39, 0.29) is 11.8 Å². The number of ether oxygens (including phenoxy) is 2. The van der Waals surface area contributed by atoms with Gasteiger partial charge in [-0.3, -0.25) is 9.59 Å². The molecule has 1 atom stereocenters. The summed E-state index contributed by atoms with van der Waals surface area (Å²) in [5.41, 5.74) is 2.33. The molecule has 154 valence electrons. The number of methoxy groups -OCH3 is 1. The summed E-state index contributed by atoms with van der Waals surface area (Å²) in [6.07, 6.45) is 2.02. The molecule has 6 nitrogen and oxygen atoms in total. The molecule has 2 aromatic rings. The van der Waals surface area contributed by atoms with Crippen LogP contribution in [0, 0.1) is 0 Å². The highest BCUT2D eigenvalue weighted by Gasteiger charge is 2.38. The number of hydrogen-bond acceptors (Lipinski definition) is 4. The lowest BCUT2D eigenvalue weighted by Gasteiger charge is -2.19. The van der Waals surface area contributed by atoms with Crippen molar-refractivity contribution >= 4 is 29.1 Å². The number of benzene rings is 2. The summed E-state index contributed by atoms with van der Waals surface area (Å²) < 4.78 is 11.2. The Morgan fingerprint density at radius 1 is 1.21 bits per heavy atom. The molecule has 0 aliphatic carbocycles. The molecule has 0 radical (unpaired) electrons. The van der Waals surface area contributed by atoms with Gasteiger partial charge in [0, 0.05) is 23.2 Å². The molecule has 2 amide bonds.